The summed E-state index contributed by atoms with van der Waals surface area (Å²) in [6.07, 6.45) is 13.3. The number of fused-ring (bicyclic) bond motifs is 6. The van der Waals surface area contributed by atoms with Crippen LogP contribution in [0.2, 0.25) is 0 Å². The smallest absolute Gasteiger partial charge is 0.308 e. The van der Waals surface area contributed by atoms with Crippen molar-refractivity contribution in [3.8, 4) is 0 Å². The van der Waals surface area contributed by atoms with Crippen LogP contribution in [0, 0.1) is 51.8 Å². The van der Waals surface area contributed by atoms with E-state index in [1.165, 1.54) is 50.5 Å². The summed E-state index contributed by atoms with van der Waals surface area (Å²) in [5, 5.41) is 18.0. The molecule has 5 fully saturated rings. The average molecular weight is 1300 g/mol. The molecule has 8 unspecified atom stereocenters. The first kappa shape index (κ1) is 75.3. The largest absolute Gasteiger partial charge is 0.462 e. The van der Waals surface area contributed by atoms with E-state index in [1.54, 1.807) is 32.9 Å². The number of carbonyl (C=O) groups excluding carboxylic acids is 4. The quantitative estimate of drug-likeness (QED) is 0.0166. The number of benzene rings is 2. The fourth-order valence-corrected chi connectivity index (χ4v) is 17.4. The number of hydrogen-bond acceptors (Lipinski definition) is 16. The second-order valence-corrected chi connectivity index (χ2v) is 31.9. The highest BCUT2D eigenvalue weighted by Gasteiger charge is 2.64. The van der Waals surface area contributed by atoms with Crippen LogP contribution in [0.5, 0.6) is 0 Å². The number of ketones is 2. The van der Waals surface area contributed by atoms with Gasteiger partial charge in [-0.1, -0.05) is 147 Å². The zero-order chi connectivity index (χ0) is 68.7. The number of carbonyl (C=O) groups is 4. The number of allylic oxidation sites excluding steroid dienone is 1. The Morgan fingerprint density at radius 3 is 2.18 bits per heavy atom. The van der Waals surface area contributed by atoms with Gasteiger partial charge in [0.05, 0.1) is 35.6 Å². The molecular weight excluding hydrogens is 1190 g/mol. The lowest BCUT2D eigenvalue weighted by Crippen LogP contribution is -2.63. The minimum absolute atomic E-state index is 0.00513. The van der Waals surface area contributed by atoms with Gasteiger partial charge >= 0.3 is 11.9 Å². The molecule has 0 aromatic heterocycles. The summed E-state index contributed by atoms with van der Waals surface area (Å²) in [5.41, 5.74) is 5.22. The molecule has 2 aromatic rings. The Morgan fingerprint density at radius 2 is 1.51 bits per heavy atom. The van der Waals surface area contributed by atoms with Gasteiger partial charge in [-0.25, -0.2) is 0 Å². The lowest BCUT2D eigenvalue weighted by Gasteiger charge is -2.63. The van der Waals surface area contributed by atoms with Crippen LogP contribution in [0.1, 0.15) is 237 Å². The number of rotatable bonds is 35. The van der Waals surface area contributed by atoms with Crippen molar-refractivity contribution in [3.63, 3.8) is 0 Å². The maximum atomic E-state index is 15.1. The fourth-order valence-electron chi connectivity index (χ4n) is 17.4. The van der Waals surface area contributed by atoms with Crippen molar-refractivity contribution in [3.05, 3.63) is 95.0 Å². The predicted molar refractivity (Wildman–Crippen MR) is 366 cm³/mol. The summed E-state index contributed by atoms with van der Waals surface area (Å²) >= 11 is 0. The molecule has 0 spiro atoms. The molecule has 94 heavy (non-hydrogen) atoms. The third kappa shape index (κ3) is 18.1. The molecule has 2 radical (unpaired) electrons. The Labute approximate surface area is 565 Å². The summed E-state index contributed by atoms with van der Waals surface area (Å²) in [6, 6.07) is 17.2. The number of ether oxygens (including phenoxy) is 8. The molecule has 522 valence electrons. The van der Waals surface area contributed by atoms with Gasteiger partial charge in [0.15, 0.2) is 23.1 Å². The topological polar surface area (TPSA) is 212 Å². The van der Waals surface area contributed by atoms with Crippen LogP contribution < -0.4 is 16.4 Å². The number of Topliss-reactive ketones (excluding diaryl/α,β-unsaturated/α-hetero) is 2. The number of hydrogen-bond donors (Lipinski definition) is 4. The van der Waals surface area contributed by atoms with Crippen LogP contribution in [0.25, 0.3) is 0 Å². The minimum Gasteiger partial charge on any atom is -0.462 e. The fraction of sp³-hybridized carbons (Fsp3) is 0.740. The maximum Gasteiger partial charge on any atom is 0.308 e. The highest BCUT2D eigenvalue weighted by Crippen LogP contribution is 2.72. The van der Waals surface area contributed by atoms with E-state index in [0.29, 0.717) is 53.6 Å². The van der Waals surface area contributed by atoms with Gasteiger partial charge in [-0.15, -0.1) is 0 Å². The maximum absolute atomic E-state index is 15.1. The first-order chi connectivity index (χ1) is 44.2. The van der Waals surface area contributed by atoms with Crippen molar-refractivity contribution >= 4 is 31.4 Å². The van der Waals surface area contributed by atoms with Crippen molar-refractivity contribution < 1.29 is 62.2 Å². The Kier molecular flexibility index (Phi) is 25.0. The van der Waals surface area contributed by atoms with Crippen LogP contribution in [-0.2, 0) is 63.7 Å². The predicted octanol–water partition coefficient (Wildman–Crippen LogP) is 13.7. The normalized spacial score (nSPS) is 30.5. The molecule has 17 heteroatoms. The summed E-state index contributed by atoms with van der Waals surface area (Å²) < 4.78 is 49.4. The van der Waals surface area contributed by atoms with E-state index in [9.17, 15) is 19.5 Å². The number of aliphatic hydroxyl groups is 1. The molecule has 0 bridgehead atoms. The molecule has 8 rings (SSSR count). The second-order valence-electron chi connectivity index (χ2n) is 31.9. The minimum atomic E-state index is -1.39. The van der Waals surface area contributed by atoms with Gasteiger partial charge in [0.2, 0.25) is 12.6 Å². The SMILES string of the molecule is [B]C(C)(CCNC(C)(CC)C(=O)C(CC(=O)OCc1ccccc1)NC(C)(CCN)C(=O)CCC(=O)OC1CC[C@@]2(C)C(=CC[C@@]3(C)[C@@H]4CC[C@H]([C@@H](C)CCCC(C)C)[C@@]4(C)CC[C@@H]32)C1)OCCC(C)(C)OC/C(OC(O)c1ccccc1)=C1/OC2OC(C)(C)OC2[C@@H]1C. The average Bonchev–Trinajstić information content (AvgIpc) is 1.23. The Morgan fingerprint density at radius 1 is 0.809 bits per heavy atom. The molecule has 2 saturated heterocycles. The highest BCUT2D eigenvalue weighted by atomic mass is 16.8. The van der Waals surface area contributed by atoms with E-state index in [2.05, 4.69) is 58.3 Å². The monoisotopic (exact) mass is 1300 g/mol. The lowest BCUT2D eigenvalue weighted by atomic mass is 9.41. The van der Waals surface area contributed by atoms with Crippen molar-refractivity contribution in [1.82, 2.24) is 10.6 Å². The van der Waals surface area contributed by atoms with Gasteiger partial charge in [-0.3, -0.25) is 24.5 Å². The summed E-state index contributed by atoms with van der Waals surface area (Å²) in [4.78, 5) is 57.4. The van der Waals surface area contributed by atoms with E-state index >= 15 is 4.79 Å². The van der Waals surface area contributed by atoms with E-state index in [0.717, 1.165) is 49.0 Å². The lowest BCUT2D eigenvalue weighted by molar-refractivity contribution is -0.189. The summed E-state index contributed by atoms with van der Waals surface area (Å²) in [5.74, 6) is 1.65. The molecule has 3 saturated carbocycles. The number of nitrogens with one attached hydrogen (secondary N) is 2. The van der Waals surface area contributed by atoms with Crippen molar-refractivity contribution in [2.75, 3.05) is 26.3 Å². The molecule has 2 aliphatic heterocycles. The van der Waals surface area contributed by atoms with Crippen LogP contribution in [0.15, 0.2) is 83.8 Å². The Hall–Kier alpha value is -4.46. The first-order valence-corrected chi connectivity index (χ1v) is 35.8. The third-order valence-corrected chi connectivity index (χ3v) is 23.3. The zero-order valence-corrected chi connectivity index (χ0v) is 60.0. The first-order valence-electron chi connectivity index (χ1n) is 35.8. The van der Waals surface area contributed by atoms with Crippen LogP contribution in [-0.4, -0.2) is 115 Å². The van der Waals surface area contributed by atoms with Gasteiger partial charge in [-0.05, 0) is 184 Å². The molecule has 16 nitrogen and oxygen atoms in total. The van der Waals surface area contributed by atoms with Gasteiger partial charge < -0.3 is 54.1 Å². The van der Waals surface area contributed by atoms with Crippen molar-refractivity contribution in [2.24, 2.45) is 57.5 Å². The standard InChI is InChI=1S/C77H118BN3O13/c1-16-75(13,80-44-41-77(15,78)88-45-42-70(6,7)89-49-59(91-68(86)54-28-21-18-22-29-54)65-52(5)66-69(92-65)94-71(8,9)93-66)67(85)58(47-64(84)87-48-53-26-19-17-20-27-53)81-76(14,40-43-79)62(82)32-33-63(83)90-56-35-38-72(10)55(46-56)34-37-74(12)60-31-30-57(51(4)25-23-24-50(2)3)73(60,11)39-36-61(72)74/h17-22,26-29,34,50-52,56-58,60-61,66,68-69,80-81,86H,16,23-25,30-33,35-49,79H2,1-15H3/b65-59-/t51-,52+,56?,57+,58?,60+,61+,66?,68?,69?,72-,73+,74-,75?,76?,77?/m0/s1. The number of esters is 2. The van der Waals surface area contributed by atoms with Gasteiger partial charge in [0.1, 0.15) is 39.0 Å². The third-order valence-electron chi connectivity index (χ3n) is 23.3. The highest BCUT2D eigenvalue weighted by molar-refractivity contribution is 6.14. The Bertz CT molecular complexity index is 2940. The van der Waals surface area contributed by atoms with Gasteiger partial charge in [0.25, 0.3) is 0 Å². The van der Waals surface area contributed by atoms with Crippen LogP contribution >= 0.6 is 0 Å². The van der Waals surface area contributed by atoms with E-state index in [4.69, 9.17) is 51.5 Å². The summed E-state index contributed by atoms with van der Waals surface area (Å²) in [6.45, 7) is 32.2. The summed E-state index contributed by atoms with van der Waals surface area (Å²) in [7, 11) is 6.80. The van der Waals surface area contributed by atoms with Crippen LogP contribution in [0.4, 0.5) is 0 Å². The van der Waals surface area contributed by atoms with Crippen molar-refractivity contribution in [2.45, 2.75) is 285 Å². The number of nitrogens with two attached hydrogens (primary N) is 1. The molecule has 6 aliphatic rings. The molecule has 4 aliphatic carbocycles. The zero-order valence-electron chi connectivity index (χ0n) is 60.0. The van der Waals surface area contributed by atoms with E-state index < -0.39 is 58.5 Å². The van der Waals surface area contributed by atoms with Crippen LogP contribution in [0.3, 0.4) is 0 Å². The number of aliphatic hydroxyl groups excluding tert-OH is 1. The van der Waals surface area contributed by atoms with Gasteiger partial charge in [0, 0.05) is 36.4 Å². The molecule has 16 atom stereocenters. The molecule has 2 heterocycles. The van der Waals surface area contributed by atoms with Crippen molar-refractivity contribution in [1.29, 1.82) is 0 Å². The van der Waals surface area contributed by atoms with E-state index in [-0.39, 0.29) is 99.1 Å². The Balaban J connectivity index is 0.858. The van der Waals surface area contributed by atoms with E-state index in [1.807, 2.05) is 90.1 Å². The molecule has 2 aromatic carbocycles. The molecular formula is C77H118BN3O13. The van der Waals surface area contributed by atoms with Gasteiger partial charge in [-0.2, -0.15) is 0 Å². The molecule has 0 amide bonds. The second kappa shape index (κ2) is 31.2. The molecule has 5 N–H and O–H groups in total.